The van der Waals surface area contributed by atoms with Crippen molar-refractivity contribution in [2.45, 2.75) is 6.54 Å². The highest BCUT2D eigenvalue weighted by Gasteiger charge is 2.22. The number of carbonyl (C=O) groups excluding carboxylic acids is 1. The number of amides is 1. The molecule has 1 N–H and O–H groups in total. The lowest BCUT2D eigenvalue weighted by molar-refractivity contribution is 0.101. The second-order valence-corrected chi connectivity index (χ2v) is 6.03. The van der Waals surface area contributed by atoms with Crippen molar-refractivity contribution < 1.29 is 9.21 Å². The van der Waals surface area contributed by atoms with E-state index in [1.165, 1.54) is 16.2 Å². The second-order valence-electron chi connectivity index (χ2n) is 4.69. The molecule has 0 saturated carbocycles. The maximum atomic E-state index is 12.8. The summed E-state index contributed by atoms with van der Waals surface area (Å²) in [6, 6.07) is 16.7. The number of nitrogens with one attached hydrogen (secondary N) is 1. The second kappa shape index (κ2) is 7.21. The summed E-state index contributed by atoms with van der Waals surface area (Å²) < 4.78 is 5.28. The lowest BCUT2D eigenvalue weighted by Gasteiger charge is -2.23. The van der Waals surface area contributed by atoms with E-state index in [0.717, 1.165) is 11.4 Å². The molecule has 0 radical (unpaired) electrons. The van der Waals surface area contributed by atoms with Crippen LogP contribution in [0.4, 0.5) is 5.69 Å². The van der Waals surface area contributed by atoms with Crippen molar-refractivity contribution in [1.29, 1.82) is 0 Å². The molecule has 0 aliphatic carbocycles. The van der Waals surface area contributed by atoms with Crippen LogP contribution in [0.3, 0.4) is 0 Å². The summed E-state index contributed by atoms with van der Waals surface area (Å²) in [5.41, 5.74) is 0.725. The van der Waals surface area contributed by atoms with E-state index in [9.17, 15) is 4.79 Å². The minimum atomic E-state index is -0.150. The third kappa shape index (κ3) is 3.67. The van der Waals surface area contributed by atoms with Gasteiger partial charge in [-0.2, -0.15) is 0 Å². The Morgan fingerprint density at radius 3 is 2.61 bits per heavy atom. The summed E-state index contributed by atoms with van der Waals surface area (Å²) in [6.07, 6.45) is 1.60. The van der Waals surface area contributed by atoms with Gasteiger partial charge in [0.1, 0.15) is 5.76 Å². The van der Waals surface area contributed by atoms with Crippen LogP contribution in [-0.4, -0.2) is 11.0 Å². The highest BCUT2D eigenvalue weighted by Crippen LogP contribution is 2.20. The van der Waals surface area contributed by atoms with Crippen molar-refractivity contribution in [2.24, 2.45) is 0 Å². The van der Waals surface area contributed by atoms with Gasteiger partial charge in [-0.05, 0) is 47.9 Å². The van der Waals surface area contributed by atoms with Crippen LogP contribution < -0.4 is 10.2 Å². The van der Waals surface area contributed by atoms with E-state index in [-0.39, 0.29) is 5.91 Å². The fraction of sp³-hybridized carbons (Fsp3) is 0.0588. The third-order valence-corrected chi connectivity index (χ3v) is 4.33. The zero-order valence-corrected chi connectivity index (χ0v) is 13.8. The van der Waals surface area contributed by atoms with E-state index in [1.807, 2.05) is 53.9 Å². The number of rotatable bonds is 4. The third-order valence-electron chi connectivity index (χ3n) is 3.15. The Kier molecular flexibility index (Phi) is 4.85. The van der Waals surface area contributed by atoms with Crippen LogP contribution in [0, 0.1) is 0 Å². The first-order chi connectivity index (χ1) is 11.3. The Balaban J connectivity index is 1.83. The van der Waals surface area contributed by atoms with E-state index in [0.29, 0.717) is 16.5 Å². The molecule has 0 aliphatic heterocycles. The lowest BCUT2D eigenvalue weighted by Crippen LogP contribution is -2.43. The van der Waals surface area contributed by atoms with Crippen molar-refractivity contribution in [3.05, 3.63) is 76.9 Å². The molecule has 0 fully saturated rings. The van der Waals surface area contributed by atoms with Gasteiger partial charge in [-0.3, -0.25) is 9.69 Å². The quantitative estimate of drug-likeness (QED) is 0.726. The van der Waals surface area contributed by atoms with Gasteiger partial charge in [-0.15, -0.1) is 11.3 Å². The SMILES string of the molecule is O=C(c1cccs1)N(C(=S)NCc1ccco1)c1ccccc1. The largest absolute Gasteiger partial charge is 0.467 e. The van der Waals surface area contributed by atoms with E-state index in [4.69, 9.17) is 16.6 Å². The van der Waals surface area contributed by atoms with E-state index >= 15 is 0 Å². The van der Waals surface area contributed by atoms with Gasteiger partial charge in [0.15, 0.2) is 5.11 Å². The van der Waals surface area contributed by atoms with Crippen LogP contribution in [0.25, 0.3) is 0 Å². The number of nitrogens with zero attached hydrogens (tertiary/aromatic N) is 1. The molecule has 1 amide bonds. The molecule has 0 spiro atoms. The zero-order chi connectivity index (χ0) is 16.1. The number of furan rings is 1. The standard InChI is InChI=1S/C17H14N2O2S2/c20-16(15-9-5-11-23-15)19(13-6-2-1-3-7-13)17(22)18-12-14-8-4-10-21-14/h1-11H,12H2,(H,18,22). The summed E-state index contributed by atoms with van der Waals surface area (Å²) in [4.78, 5) is 14.9. The zero-order valence-electron chi connectivity index (χ0n) is 12.1. The van der Waals surface area contributed by atoms with Gasteiger partial charge in [-0.25, -0.2) is 0 Å². The van der Waals surface area contributed by atoms with Crippen LogP contribution in [-0.2, 0) is 6.54 Å². The average molecular weight is 342 g/mol. The molecular weight excluding hydrogens is 328 g/mol. The van der Waals surface area contributed by atoms with Gasteiger partial charge in [-0.1, -0.05) is 24.3 Å². The molecule has 23 heavy (non-hydrogen) atoms. The monoisotopic (exact) mass is 342 g/mol. The van der Waals surface area contributed by atoms with Gasteiger partial charge in [0.2, 0.25) is 0 Å². The summed E-state index contributed by atoms with van der Waals surface area (Å²) in [5.74, 6) is 0.604. The van der Waals surface area contributed by atoms with Crippen LogP contribution >= 0.6 is 23.6 Å². The Labute approximate surface area is 143 Å². The molecule has 2 aromatic heterocycles. The Morgan fingerprint density at radius 1 is 1.13 bits per heavy atom. The summed E-state index contributed by atoms with van der Waals surface area (Å²) in [5, 5.41) is 5.28. The first-order valence-corrected chi connectivity index (χ1v) is 8.28. The molecule has 0 bridgehead atoms. The predicted molar refractivity (Wildman–Crippen MR) is 95.7 cm³/mol. The number of anilines is 1. The fourth-order valence-electron chi connectivity index (χ4n) is 2.07. The first-order valence-electron chi connectivity index (χ1n) is 6.99. The van der Waals surface area contributed by atoms with E-state index in [1.54, 1.807) is 12.3 Å². The van der Waals surface area contributed by atoms with Gasteiger partial charge in [0, 0.05) is 0 Å². The molecular formula is C17H14N2O2S2. The molecule has 0 atom stereocenters. The van der Waals surface area contributed by atoms with Crippen molar-refractivity contribution in [2.75, 3.05) is 4.90 Å². The normalized spacial score (nSPS) is 10.3. The molecule has 1 aromatic carbocycles. The van der Waals surface area contributed by atoms with Crippen molar-refractivity contribution in [3.63, 3.8) is 0 Å². The number of carbonyl (C=O) groups is 1. The van der Waals surface area contributed by atoms with Crippen LogP contribution in [0.5, 0.6) is 0 Å². The lowest BCUT2D eigenvalue weighted by atomic mass is 10.3. The van der Waals surface area contributed by atoms with Crippen molar-refractivity contribution in [1.82, 2.24) is 5.32 Å². The first kappa shape index (κ1) is 15.5. The number of thiocarbonyl (C=S) groups is 1. The molecule has 116 valence electrons. The van der Waals surface area contributed by atoms with Crippen molar-refractivity contribution in [3.8, 4) is 0 Å². The van der Waals surface area contributed by atoms with Gasteiger partial charge in [0.25, 0.3) is 5.91 Å². The molecule has 4 nitrogen and oxygen atoms in total. The minimum absolute atomic E-state index is 0.150. The molecule has 2 heterocycles. The van der Waals surface area contributed by atoms with Gasteiger partial charge >= 0.3 is 0 Å². The van der Waals surface area contributed by atoms with Gasteiger partial charge in [0.05, 0.1) is 23.4 Å². The maximum Gasteiger partial charge on any atom is 0.274 e. The smallest absolute Gasteiger partial charge is 0.274 e. The van der Waals surface area contributed by atoms with Crippen LogP contribution in [0.15, 0.2) is 70.7 Å². The number of para-hydroxylation sites is 1. The average Bonchev–Trinajstić information content (AvgIpc) is 3.27. The number of thiophene rings is 1. The Bertz CT molecular complexity index is 768. The summed E-state index contributed by atoms with van der Waals surface area (Å²) in [7, 11) is 0. The number of hydrogen-bond acceptors (Lipinski definition) is 4. The van der Waals surface area contributed by atoms with E-state index in [2.05, 4.69) is 5.32 Å². The molecule has 0 unspecified atom stereocenters. The van der Waals surface area contributed by atoms with E-state index < -0.39 is 0 Å². The molecule has 0 saturated heterocycles. The molecule has 6 heteroatoms. The maximum absolute atomic E-state index is 12.8. The van der Waals surface area contributed by atoms with Crippen LogP contribution in [0.1, 0.15) is 15.4 Å². The van der Waals surface area contributed by atoms with Crippen molar-refractivity contribution >= 4 is 40.3 Å². The highest BCUT2D eigenvalue weighted by atomic mass is 32.1. The number of hydrogen-bond donors (Lipinski definition) is 1. The molecule has 3 rings (SSSR count). The summed E-state index contributed by atoms with van der Waals surface area (Å²) >= 11 is 6.83. The minimum Gasteiger partial charge on any atom is -0.467 e. The Hall–Kier alpha value is -2.44. The predicted octanol–water partition coefficient (Wildman–Crippen LogP) is 4.06. The summed E-state index contributed by atoms with van der Waals surface area (Å²) in [6.45, 7) is 0.423. The Morgan fingerprint density at radius 2 is 1.96 bits per heavy atom. The fourth-order valence-corrected chi connectivity index (χ4v) is 2.98. The van der Waals surface area contributed by atoms with Gasteiger partial charge < -0.3 is 9.73 Å². The van der Waals surface area contributed by atoms with Crippen LogP contribution in [0.2, 0.25) is 0 Å². The highest BCUT2D eigenvalue weighted by molar-refractivity contribution is 7.80. The molecule has 3 aromatic rings. The molecule has 0 aliphatic rings. The topological polar surface area (TPSA) is 45.5 Å². The number of benzene rings is 1.